The molecule has 1 aromatic carbocycles. The lowest BCUT2D eigenvalue weighted by Gasteiger charge is -2.21. The normalized spacial score (nSPS) is 11.8. The lowest BCUT2D eigenvalue weighted by molar-refractivity contribution is -0.129. The van der Waals surface area contributed by atoms with Crippen molar-refractivity contribution < 1.29 is 9.59 Å². The Labute approximate surface area is 127 Å². The summed E-state index contributed by atoms with van der Waals surface area (Å²) < 4.78 is 0. The molecular formula is C17H26N2O2. The van der Waals surface area contributed by atoms with Crippen LogP contribution in [0.5, 0.6) is 0 Å². The Morgan fingerprint density at radius 2 is 1.86 bits per heavy atom. The van der Waals surface area contributed by atoms with E-state index >= 15 is 0 Å². The summed E-state index contributed by atoms with van der Waals surface area (Å²) in [6.45, 7) is 6.83. The second-order valence-electron chi connectivity index (χ2n) is 5.31. The maximum Gasteiger partial charge on any atom is 0.222 e. The number of carbonyl (C=O) groups excluding carboxylic acids is 2. The molecule has 0 heterocycles. The first-order valence-electron chi connectivity index (χ1n) is 7.64. The van der Waals surface area contributed by atoms with Crippen LogP contribution in [-0.2, 0) is 9.59 Å². The van der Waals surface area contributed by atoms with E-state index in [2.05, 4.69) is 12.2 Å². The summed E-state index contributed by atoms with van der Waals surface area (Å²) in [7, 11) is 0. The molecule has 4 heteroatoms. The van der Waals surface area contributed by atoms with Gasteiger partial charge in [-0.15, -0.1) is 0 Å². The van der Waals surface area contributed by atoms with E-state index < -0.39 is 0 Å². The fraction of sp³-hybridized carbons (Fsp3) is 0.529. The topological polar surface area (TPSA) is 49.4 Å². The Bertz CT molecular complexity index is 445. The van der Waals surface area contributed by atoms with Gasteiger partial charge in [-0.2, -0.15) is 0 Å². The number of carbonyl (C=O) groups is 2. The quantitative estimate of drug-likeness (QED) is 0.800. The van der Waals surface area contributed by atoms with E-state index in [1.807, 2.05) is 37.3 Å². The number of nitrogens with zero attached hydrogens (tertiary/aromatic N) is 1. The molecule has 0 fully saturated rings. The minimum atomic E-state index is -0.0194. The highest BCUT2D eigenvalue weighted by Crippen LogP contribution is 2.11. The molecule has 0 saturated carbocycles. The smallest absolute Gasteiger partial charge is 0.222 e. The molecule has 0 radical (unpaired) electrons. The summed E-state index contributed by atoms with van der Waals surface area (Å²) in [5, 5.41) is 2.97. The van der Waals surface area contributed by atoms with Gasteiger partial charge in [0.05, 0.1) is 6.04 Å². The van der Waals surface area contributed by atoms with Gasteiger partial charge in [-0.1, -0.05) is 43.7 Å². The largest absolute Gasteiger partial charge is 0.350 e. The van der Waals surface area contributed by atoms with Gasteiger partial charge in [0.25, 0.3) is 0 Å². The van der Waals surface area contributed by atoms with Gasteiger partial charge in [0, 0.05) is 26.4 Å². The Kier molecular flexibility index (Phi) is 7.51. The van der Waals surface area contributed by atoms with Gasteiger partial charge >= 0.3 is 0 Å². The third-order valence-electron chi connectivity index (χ3n) is 3.51. The first-order chi connectivity index (χ1) is 10.0. The molecule has 1 rings (SSSR count). The number of rotatable bonds is 8. The van der Waals surface area contributed by atoms with Crippen LogP contribution in [-0.4, -0.2) is 29.8 Å². The van der Waals surface area contributed by atoms with Gasteiger partial charge in [-0.05, 0) is 18.9 Å². The van der Waals surface area contributed by atoms with Gasteiger partial charge in [0.15, 0.2) is 0 Å². The van der Waals surface area contributed by atoms with Crippen molar-refractivity contribution in [2.45, 2.75) is 46.1 Å². The molecule has 2 amide bonds. The van der Waals surface area contributed by atoms with Crippen molar-refractivity contribution in [2.75, 3.05) is 13.1 Å². The molecule has 1 aromatic rings. The molecule has 116 valence electrons. The van der Waals surface area contributed by atoms with Crippen molar-refractivity contribution in [1.82, 2.24) is 10.2 Å². The van der Waals surface area contributed by atoms with Gasteiger partial charge in [-0.25, -0.2) is 0 Å². The summed E-state index contributed by atoms with van der Waals surface area (Å²) in [6, 6.07) is 9.85. The van der Waals surface area contributed by atoms with Gasteiger partial charge in [0.1, 0.15) is 0 Å². The lowest BCUT2D eigenvalue weighted by atomic mass is 10.1. The van der Waals surface area contributed by atoms with Crippen LogP contribution in [0.2, 0.25) is 0 Å². The number of amides is 2. The molecule has 0 aliphatic heterocycles. The zero-order chi connectivity index (χ0) is 15.7. The maximum atomic E-state index is 12.0. The van der Waals surface area contributed by atoms with E-state index in [1.165, 1.54) is 0 Å². The Balaban J connectivity index is 2.40. The molecule has 0 aliphatic carbocycles. The fourth-order valence-electron chi connectivity index (χ4n) is 2.15. The van der Waals surface area contributed by atoms with E-state index in [4.69, 9.17) is 0 Å². The molecule has 4 nitrogen and oxygen atoms in total. The number of hydrogen-bond acceptors (Lipinski definition) is 2. The molecular weight excluding hydrogens is 264 g/mol. The Hall–Kier alpha value is -1.84. The highest BCUT2D eigenvalue weighted by Gasteiger charge is 2.13. The Morgan fingerprint density at radius 1 is 1.19 bits per heavy atom. The van der Waals surface area contributed by atoms with Crippen LogP contribution in [0.4, 0.5) is 0 Å². The number of benzene rings is 1. The van der Waals surface area contributed by atoms with Crippen molar-refractivity contribution in [3.63, 3.8) is 0 Å². The molecule has 0 aliphatic rings. The molecule has 1 N–H and O–H groups in total. The first kappa shape index (κ1) is 17.2. The minimum Gasteiger partial charge on any atom is -0.350 e. The summed E-state index contributed by atoms with van der Waals surface area (Å²) in [5.41, 5.74) is 1.08. The molecule has 0 aromatic heterocycles. The average molecular weight is 290 g/mol. The van der Waals surface area contributed by atoms with Crippen molar-refractivity contribution in [1.29, 1.82) is 0 Å². The van der Waals surface area contributed by atoms with Gasteiger partial charge < -0.3 is 10.2 Å². The molecule has 0 bridgehead atoms. The fourth-order valence-corrected chi connectivity index (χ4v) is 2.15. The summed E-state index contributed by atoms with van der Waals surface area (Å²) in [4.78, 5) is 25.2. The zero-order valence-electron chi connectivity index (χ0n) is 13.3. The second-order valence-corrected chi connectivity index (χ2v) is 5.31. The van der Waals surface area contributed by atoms with Crippen LogP contribution in [0.3, 0.4) is 0 Å². The average Bonchev–Trinajstić information content (AvgIpc) is 2.47. The van der Waals surface area contributed by atoms with Crippen molar-refractivity contribution in [3.8, 4) is 0 Å². The summed E-state index contributed by atoms with van der Waals surface area (Å²) in [6.07, 6.45) is 2.36. The highest BCUT2D eigenvalue weighted by molar-refractivity contribution is 5.78. The summed E-state index contributed by atoms with van der Waals surface area (Å²) >= 11 is 0. The number of unbranched alkanes of at least 4 members (excludes halogenated alkanes) is 1. The molecule has 1 atom stereocenters. The third kappa shape index (κ3) is 6.43. The van der Waals surface area contributed by atoms with Crippen molar-refractivity contribution in [2.24, 2.45) is 0 Å². The Morgan fingerprint density at radius 3 is 2.43 bits per heavy atom. The predicted octanol–water partition coefficient (Wildman–Crippen LogP) is 2.90. The van der Waals surface area contributed by atoms with E-state index in [1.54, 1.807) is 11.8 Å². The summed E-state index contributed by atoms with van der Waals surface area (Å²) in [5.74, 6) is 0.0152. The van der Waals surface area contributed by atoms with E-state index in [-0.39, 0.29) is 17.9 Å². The molecule has 21 heavy (non-hydrogen) atoms. The molecule has 1 unspecified atom stereocenters. The standard InChI is InChI=1S/C17H26N2O2/c1-4-5-12-19(15(3)20)13-11-17(21)18-14(2)16-9-7-6-8-10-16/h6-10,14H,4-5,11-13H2,1-3H3,(H,18,21). The van der Waals surface area contributed by atoms with Crippen LogP contribution < -0.4 is 5.32 Å². The van der Waals surface area contributed by atoms with Crippen LogP contribution in [0.15, 0.2) is 30.3 Å². The lowest BCUT2D eigenvalue weighted by Crippen LogP contribution is -2.35. The SMILES string of the molecule is CCCCN(CCC(=O)NC(C)c1ccccc1)C(C)=O. The monoisotopic (exact) mass is 290 g/mol. The molecule has 0 saturated heterocycles. The van der Waals surface area contributed by atoms with Crippen LogP contribution >= 0.6 is 0 Å². The first-order valence-corrected chi connectivity index (χ1v) is 7.64. The highest BCUT2D eigenvalue weighted by atomic mass is 16.2. The van der Waals surface area contributed by atoms with Gasteiger partial charge in [0.2, 0.25) is 11.8 Å². The number of hydrogen-bond donors (Lipinski definition) is 1. The van der Waals surface area contributed by atoms with Crippen LogP contribution in [0.25, 0.3) is 0 Å². The van der Waals surface area contributed by atoms with Crippen LogP contribution in [0, 0.1) is 0 Å². The van der Waals surface area contributed by atoms with E-state index in [0.717, 1.165) is 24.9 Å². The van der Waals surface area contributed by atoms with Gasteiger partial charge in [-0.3, -0.25) is 9.59 Å². The predicted molar refractivity (Wildman–Crippen MR) is 84.8 cm³/mol. The van der Waals surface area contributed by atoms with Crippen molar-refractivity contribution in [3.05, 3.63) is 35.9 Å². The molecule has 0 spiro atoms. The minimum absolute atomic E-state index is 0.0138. The second kappa shape index (κ2) is 9.16. The third-order valence-corrected chi connectivity index (χ3v) is 3.51. The zero-order valence-corrected chi connectivity index (χ0v) is 13.3. The number of nitrogens with one attached hydrogen (secondary N) is 1. The van der Waals surface area contributed by atoms with E-state index in [9.17, 15) is 9.59 Å². The van der Waals surface area contributed by atoms with Crippen molar-refractivity contribution >= 4 is 11.8 Å². The van der Waals surface area contributed by atoms with Crippen LogP contribution in [0.1, 0.15) is 51.6 Å². The maximum absolute atomic E-state index is 12.0. The van der Waals surface area contributed by atoms with E-state index in [0.29, 0.717) is 13.0 Å².